The number of carbonyl (C=O) groups is 2. The summed E-state index contributed by atoms with van der Waals surface area (Å²) in [6, 6.07) is 3.97. The van der Waals surface area contributed by atoms with Gasteiger partial charge in [-0.25, -0.2) is 4.79 Å². The van der Waals surface area contributed by atoms with Crippen molar-refractivity contribution < 1.29 is 19.1 Å². The molecule has 0 fully saturated rings. The summed E-state index contributed by atoms with van der Waals surface area (Å²) in [5, 5.41) is 3.42. The van der Waals surface area contributed by atoms with Gasteiger partial charge in [-0.2, -0.15) is 0 Å². The Morgan fingerprint density at radius 3 is 2.27 bits per heavy atom. The van der Waals surface area contributed by atoms with Gasteiger partial charge in [-0.05, 0) is 30.5 Å². The van der Waals surface area contributed by atoms with E-state index in [0.29, 0.717) is 22.2 Å². The van der Waals surface area contributed by atoms with Crippen molar-refractivity contribution in [3.05, 3.63) is 28.2 Å². The van der Waals surface area contributed by atoms with Crippen LogP contribution in [0.4, 0.5) is 0 Å². The lowest BCUT2D eigenvalue weighted by Gasteiger charge is -2.18. The highest BCUT2D eigenvalue weighted by molar-refractivity contribution is 6.34. The Morgan fingerprint density at radius 1 is 1.18 bits per heavy atom. The number of esters is 1. The van der Waals surface area contributed by atoms with Gasteiger partial charge in [-0.3, -0.25) is 4.79 Å². The molecule has 1 aromatic carbocycles. The van der Waals surface area contributed by atoms with Crippen LogP contribution in [0.25, 0.3) is 0 Å². The maximum Gasteiger partial charge on any atom is 0.328 e. The highest BCUT2D eigenvalue weighted by Gasteiger charge is 2.22. The zero-order valence-electron chi connectivity index (χ0n) is 12.7. The van der Waals surface area contributed by atoms with Crippen LogP contribution < -0.4 is 10.1 Å². The maximum atomic E-state index is 11.9. The van der Waals surface area contributed by atoms with Crippen LogP contribution in [0.2, 0.25) is 10.0 Å². The Labute approximate surface area is 139 Å². The summed E-state index contributed by atoms with van der Waals surface area (Å²) in [4.78, 5) is 23.5. The number of hydrogen-bond donors (Lipinski definition) is 1. The zero-order valence-corrected chi connectivity index (χ0v) is 14.2. The van der Waals surface area contributed by atoms with Crippen LogP contribution in [-0.2, 0) is 14.3 Å². The minimum atomic E-state index is -0.691. The van der Waals surface area contributed by atoms with Crippen LogP contribution in [0.5, 0.6) is 5.75 Å². The normalized spacial score (nSPS) is 11.9. The monoisotopic (exact) mass is 347 g/mol. The molecular formula is C15H19Cl2NO4. The molecule has 0 aliphatic carbocycles. The lowest BCUT2D eigenvalue weighted by molar-refractivity contribution is -0.145. The molecule has 1 aromatic rings. The van der Waals surface area contributed by atoms with Gasteiger partial charge in [0.2, 0.25) is 0 Å². The van der Waals surface area contributed by atoms with Gasteiger partial charge in [0.25, 0.3) is 5.91 Å². The van der Waals surface area contributed by atoms with Gasteiger partial charge >= 0.3 is 5.97 Å². The molecule has 1 amide bonds. The fourth-order valence-corrected chi connectivity index (χ4v) is 2.33. The largest absolute Gasteiger partial charge is 0.484 e. The van der Waals surface area contributed by atoms with E-state index in [9.17, 15) is 9.59 Å². The van der Waals surface area contributed by atoms with Gasteiger partial charge in [0.05, 0.1) is 7.11 Å². The number of hydrogen-bond acceptors (Lipinski definition) is 4. The van der Waals surface area contributed by atoms with E-state index in [4.69, 9.17) is 27.9 Å². The van der Waals surface area contributed by atoms with Gasteiger partial charge < -0.3 is 14.8 Å². The van der Waals surface area contributed by atoms with Crippen LogP contribution in [0.1, 0.15) is 20.3 Å². The third-order valence-corrected chi connectivity index (χ3v) is 3.17. The molecule has 0 heterocycles. The van der Waals surface area contributed by atoms with Gasteiger partial charge in [0, 0.05) is 10.0 Å². The summed E-state index contributed by atoms with van der Waals surface area (Å²) in [6.07, 6.45) is 0.488. The van der Waals surface area contributed by atoms with Crippen molar-refractivity contribution in [2.24, 2.45) is 5.92 Å². The van der Waals surface area contributed by atoms with Crippen LogP contribution in [0.3, 0.4) is 0 Å². The first kappa shape index (κ1) is 18.6. The number of halogens is 2. The Balaban J connectivity index is 2.58. The number of ether oxygens (including phenoxy) is 2. The molecule has 0 radical (unpaired) electrons. The number of carbonyl (C=O) groups excluding carboxylic acids is 2. The standard InChI is InChI=1S/C15H19Cl2NO4/c1-9(2)4-13(15(20)21-3)18-14(19)8-22-12-6-10(16)5-11(17)7-12/h5-7,9,13H,4,8H2,1-3H3,(H,18,19)/t13-/m0/s1. The second-order valence-corrected chi connectivity index (χ2v) is 6.04. The zero-order chi connectivity index (χ0) is 16.7. The predicted molar refractivity (Wildman–Crippen MR) is 85.4 cm³/mol. The van der Waals surface area contributed by atoms with Crippen molar-refractivity contribution in [1.29, 1.82) is 0 Å². The SMILES string of the molecule is COC(=O)[C@H](CC(C)C)NC(=O)COc1cc(Cl)cc(Cl)c1. The topological polar surface area (TPSA) is 64.6 Å². The van der Waals surface area contributed by atoms with Crippen molar-refractivity contribution in [3.8, 4) is 5.75 Å². The molecule has 0 aliphatic rings. The van der Waals surface area contributed by atoms with Gasteiger partial charge in [-0.1, -0.05) is 37.0 Å². The van der Waals surface area contributed by atoms with Gasteiger partial charge in [0.1, 0.15) is 11.8 Å². The Bertz CT molecular complexity index is 514. The van der Waals surface area contributed by atoms with Gasteiger partial charge in [-0.15, -0.1) is 0 Å². The molecule has 22 heavy (non-hydrogen) atoms. The first-order chi connectivity index (χ1) is 10.3. The lowest BCUT2D eigenvalue weighted by Crippen LogP contribution is -2.44. The molecule has 1 atom stereocenters. The van der Waals surface area contributed by atoms with Crippen molar-refractivity contribution in [2.75, 3.05) is 13.7 Å². The van der Waals surface area contributed by atoms with E-state index in [1.165, 1.54) is 7.11 Å². The summed E-state index contributed by atoms with van der Waals surface area (Å²) in [5.41, 5.74) is 0. The highest BCUT2D eigenvalue weighted by Crippen LogP contribution is 2.24. The van der Waals surface area contributed by atoms with Crippen molar-refractivity contribution in [1.82, 2.24) is 5.32 Å². The highest BCUT2D eigenvalue weighted by atomic mass is 35.5. The van der Waals surface area contributed by atoms with Crippen LogP contribution in [-0.4, -0.2) is 31.6 Å². The van der Waals surface area contributed by atoms with E-state index in [2.05, 4.69) is 10.1 Å². The number of rotatable bonds is 7. The summed E-state index contributed by atoms with van der Waals surface area (Å²) in [7, 11) is 1.28. The van der Waals surface area contributed by atoms with E-state index < -0.39 is 17.9 Å². The summed E-state index contributed by atoms with van der Waals surface area (Å²) < 4.78 is 9.99. The molecule has 0 unspecified atom stereocenters. The number of nitrogens with one attached hydrogen (secondary N) is 1. The summed E-state index contributed by atoms with van der Waals surface area (Å²) >= 11 is 11.7. The average Bonchev–Trinajstić information content (AvgIpc) is 2.42. The van der Waals surface area contributed by atoms with Crippen LogP contribution >= 0.6 is 23.2 Å². The van der Waals surface area contributed by atoms with E-state index in [1.807, 2.05) is 13.8 Å². The molecule has 122 valence electrons. The Morgan fingerprint density at radius 2 is 1.77 bits per heavy atom. The fraction of sp³-hybridized carbons (Fsp3) is 0.467. The molecular weight excluding hydrogens is 329 g/mol. The minimum absolute atomic E-state index is 0.233. The van der Waals surface area contributed by atoms with E-state index in [1.54, 1.807) is 18.2 Å². The van der Waals surface area contributed by atoms with Crippen LogP contribution in [0, 0.1) is 5.92 Å². The first-order valence-electron chi connectivity index (χ1n) is 6.78. The van der Waals surface area contributed by atoms with Crippen molar-refractivity contribution in [3.63, 3.8) is 0 Å². The lowest BCUT2D eigenvalue weighted by atomic mass is 10.0. The van der Waals surface area contributed by atoms with E-state index in [0.717, 1.165) is 0 Å². The average molecular weight is 348 g/mol. The molecule has 7 heteroatoms. The Hall–Kier alpha value is -1.46. The third kappa shape index (κ3) is 6.54. The molecule has 0 aliphatic heterocycles. The second-order valence-electron chi connectivity index (χ2n) is 5.17. The Kier molecular flexibility index (Phi) is 7.48. The van der Waals surface area contributed by atoms with Crippen LogP contribution in [0.15, 0.2) is 18.2 Å². The number of methoxy groups -OCH3 is 1. The van der Waals surface area contributed by atoms with Crippen molar-refractivity contribution in [2.45, 2.75) is 26.3 Å². The number of benzene rings is 1. The molecule has 5 nitrogen and oxygen atoms in total. The maximum absolute atomic E-state index is 11.9. The van der Waals surface area contributed by atoms with Crippen molar-refractivity contribution >= 4 is 35.1 Å². The molecule has 0 spiro atoms. The van der Waals surface area contributed by atoms with Gasteiger partial charge in [0.15, 0.2) is 6.61 Å². The minimum Gasteiger partial charge on any atom is -0.484 e. The quantitative estimate of drug-likeness (QED) is 0.769. The first-order valence-corrected chi connectivity index (χ1v) is 7.53. The smallest absolute Gasteiger partial charge is 0.328 e. The molecule has 0 aromatic heterocycles. The summed E-state index contributed by atoms with van der Waals surface area (Å²) in [5.74, 6) is -0.289. The van der Waals surface area contributed by atoms with E-state index in [-0.39, 0.29) is 12.5 Å². The summed E-state index contributed by atoms with van der Waals surface area (Å²) in [6.45, 7) is 3.65. The van der Waals surface area contributed by atoms with E-state index >= 15 is 0 Å². The predicted octanol–water partition coefficient (Wildman–Crippen LogP) is 3.08. The molecule has 1 rings (SSSR count). The molecule has 1 N–H and O–H groups in total. The fourth-order valence-electron chi connectivity index (χ4n) is 1.82. The molecule has 0 saturated heterocycles. The molecule has 0 bridgehead atoms. The second kappa shape index (κ2) is 8.86. The number of amides is 1. The third-order valence-electron chi connectivity index (χ3n) is 2.73. The molecule has 0 saturated carbocycles.